The quantitative estimate of drug-likeness (QED) is 0.627. The summed E-state index contributed by atoms with van der Waals surface area (Å²) in [6.07, 6.45) is 5.18. The number of fused-ring (bicyclic) bond motifs is 1. The molecule has 0 bridgehead atoms. The Labute approximate surface area is 106 Å². The highest BCUT2D eigenvalue weighted by molar-refractivity contribution is 6.02. The van der Waals surface area contributed by atoms with Crippen molar-refractivity contribution in [1.29, 1.82) is 0 Å². The number of amides is 2. The number of allylic oxidation sites excluding steroid dienone is 1. The molecule has 0 spiro atoms. The normalized spacial score (nSPS) is 13.5. The number of nitrogens with one attached hydrogen (secondary N) is 2. The fourth-order valence-corrected chi connectivity index (χ4v) is 1.89. The smallest absolute Gasteiger partial charge is 0.251 e. The summed E-state index contributed by atoms with van der Waals surface area (Å²) in [6.45, 7) is 2.57. The predicted molar refractivity (Wildman–Crippen MR) is 70.5 cm³/mol. The molecular weight excluding hydrogens is 228 g/mol. The fourth-order valence-electron chi connectivity index (χ4n) is 1.89. The van der Waals surface area contributed by atoms with Gasteiger partial charge in [-0.1, -0.05) is 18.2 Å². The molecule has 2 rings (SSSR count). The highest BCUT2D eigenvalue weighted by atomic mass is 16.2. The van der Waals surface area contributed by atoms with Crippen LogP contribution in [0.2, 0.25) is 0 Å². The van der Waals surface area contributed by atoms with Gasteiger partial charge in [-0.3, -0.25) is 9.59 Å². The highest BCUT2D eigenvalue weighted by Gasteiger charge is 2.18. The van der Waals surface area contributed by atoms with E-state index in [0.29, 0.717) is 18.5 Å². The zero-order chi connectivity index (χ0) is 13.0. The monoisotopic (exact) mass is 244 g/mol. The third-order valence-electron chi connectivity index (χ3n) is 2.83. The van der Waals surface area contributed by atoms with Crippen molar-refractivity contribution in [2.24, 2.45) is 0 Å². The maximum atomic E-state index is 11.8. The van der Waals surface area contributed by atoms with Crippen LogP contribution in [0.5, 0.6) is 0 Å². The zero-order valence-electron chi connectivity index (χ0n) is 10.3. The number of anilines is 1. The minimum absolute atomic E-state index is 0.0179. The molecule has 0 saturated carbocycles. The molecule has 0 unspecified atom stereocenters. The molecule has 0 aromatic heterocycles. The second kappa shape index (κ2) is 5.49. The maximum absolute atomic E-state index is 11.8. The van der Waals surface area contributed by atoms with Crippen LogP contribution in [0.1, 0.15) is 29.3 Å². The summed E-state index contributed by atoms with van der Waals surface area (Å²) in [4.78, 5) is 23.0. The summed E-state index contributed by atoms with van der Waals surface area (Å²) >= 11 is 0. The van der Waals surface area contributed by atoms with Crippen molar-refractivity contribution in [2.45, 2.75) is 19.8 Å². The minimum atomic E-state index is -0.108. The predicted octanol–water partition coefficient (Wildman–Crippen LogP) is 1.88. The molecular formula is C14H16N2O2. The average molecular weight is 244 g/mol. The first-order valence-electron chi connectivity index (χ1n) is 6.03. The molecule has 1 heterocycles. The molecule has 94 valence electrons. The maximum Gasteiger partial charge on any atom is 0.251 e. The second-order valence-corrected chi connectivity index (χ2v) is 4.21. The molecule has 18 heavy (non-hydrogen) atoms. The number of rotatable bonds is 4. The topological polar surface area (TPSA) is 58.2 Å². The molecule has 1 aromatic carbocycles. The van der Waals surface area contributed by atoms with E-state index in [0.717, 1.165) is 17.7 Å². The van der Waals surface area contributed by atoms with Crippen LogP contribution in [0.15, 0.2) is 30.4 Å². The average Bonchev–Trinajstić information content (AvgIpc) is 2.73. The fraction of sp³-hybridized carbons (Fsp3) is 0.286. The molecule has 1 aromatic rings. The van der Waals surface area contributed by atoms with Crippen LogP contribution >= 0.6 is 0 Å². The van der Waals surface area contributed by atoms with Gasteiger partial charge in [0, 0.05) is 17.8 Å². The van der Waals surface area contributed by atoms with E-state index in [1.807, 2.05) is 25.1 Å². The largest absolute Gasteiger partial charge is 0.352 e. The molecule has 1 aliphatic rings. The molecule has 1 aliphatic heterocycles. The summed E-state index contributed by atoms with van der Waals surface area (Å²) in [5.41, 5.74) is 2.28. The number of benzene rings is 1. The summed E-state index contributed by atoms with van der Waals surface area (Å²) in [5.74, 6) is -0.126. The first-order valence-corrected chi connectivity index (χ1v) is 6.03. The van der Waals surface area contributed by atoms with Gasteiger partial charge in [0.1, 0.15) is 0 Å². The molecule has 0 atom stereocenters. The lowest BCUT2D eigenvalue weighted by atomic mass is 10.1. The highest BCUT2D eigenvalue weighted by Crippen LogP contribution is 2.23. The van der Waals surface area contributed by atoms with Crippen LogP contribution in [0, 0.1) is 0 Å². The summed E-state index contributed by atoms with van der Waals surface area (Å²) < 4.78 is 0. The SMILES string of the molecule is C/C=C/CCNC(=O)c1ccc2c(c1)NC(=O)C2. The van der Waals surface area contributed by atoms with Crippen molar-refractivity contribution < 1.29 is 9.59 Å². The van der Waals surface area contributed by atoms with E-state index in [-0.39, 0.29) is 11.8 Å². The van der Waals surface area contributed by atoms with E-state index < -0.39 is 0 Å². The Morgan fingerprint density at radius 1 is 1.50 bits per heavy atom. The first kappa shape index (κ1) is 12.4. The van der Waals surface area contributed by atoms with Gasteiger partial charge in [0.25, 0.3) is 5.91 Å². The van der Waals surface area contributed by atoms with Crippen LogP contribution in [0.3, 0.4) is 0 Å². The molecule has 2 N–H and O–H groups in total. The van der Waals surface area contributed by atoms with E-state index in [1.54, 1.807) is 12.1 Å². The lowest BCUT2D eigenvalue weighted by molar-refractivity contribution is -0.115. The molecule has 0 saturated heterocycles. The van der Waals surface area contributed by atoms with Gasteiger partial charge >= 0.3 is 0 Å². The van der Waals surface area contributed by atoms with E-state index in [4.69, 9.17) is 0 Å². The van der Waals surface area contributed by atoms with E-state index in [9.17, 15) is 9.59 Å². The number of hydrogen-bond acceptors (Lipinski definition) is 2. The third-order valence-corrected chi connectivity index (χ3v) is 2.83. The van der Waals surface area contributed by atoms with E-state index in [1.165, 1.54) is 0 Å². The Hall–Kier alpha value is -2.10. The molecule has 0 aliphatic carbocycles. The Balaban J connectivity index is 1.99. The van der Waals surface area contributed by atoms with Gasteiger partial charge in [-0.2, -0.15) is 0 Å². The van der Waals surface area contributed by atoms with Gasteiger partial charge in [-0.25, -0.2) is 0 Å². The van der Waals surface area contributed by atoms with Crippen LogP contribution < -0.4 is 10.6 Å². The minimum Gasteiger partial charge on any atom is -0.352 e. The van der Waals surface area contributed by atoms with Gasteiger partial charge < -0.3 is 10.6 Å². The molecule has 4 heteroatoms. The molecule has 0 radical (unpaired) electrons. The number of carbonyl (C=O) groups is 2. The standard InChI is InChI=1S/C14H16N2O2/c1-2-3-4-7-15-14(18)11-6-5-10-9-13(17)16-12(10)8-11/h2-3,5-6,8H,4,7,9H2,1H3,(H,15,18)(H,16,17)/b3-2+. The Morgan fingerprint density at radius 3 is 3.11 bits per heavy atom. The van der Waals surface area contributed by atoms with Crippen molar-refractivity contribution in [3.63, 3.8) is 0 Å². The Kier molecular flexibility index (Phi) is 3.77. The molecule has 0 fully saturated rings. The van der Waals surface area contributed by atoms with Crippen molar-refractivity contribution in [1.82, 2.24) is 5.32 Å². The summed E-state index contributed by atoms with van der Waals surface area (Å²) in [5, 5.41) is 5.57. The summed E-state index contributed by atoms with van der Waals surface area (Å²) in [6, 6.07) is 5.31. The van der Waals surface area contributed by atoms with E-state index in [2.05, 4.69) is 10.6 Å². The third kappa shape index (κ3) is 2.77. The van der Waals surface area contributed by atoms with E-state index >= 15 is 0 Å². The van der Waals surface area contributed by atoms with Gasteiger partial charge in [-0.15, -0.1) is 0 Å². The van der Waals surface area contributed by atoms with Crippen molar-refractivity contribution >= 4 is 17.5 Å². The van der Waals surface area contributed by atoms with Gasteiger partial charge in [0.15, 0.2) is 0 Å². The summed E-state index contributed by atoms with van der Waals surface area (Å²) in [7, 11) is 0. The zero-order valence-corrected chi connectivity index (χ0v) is 10.3. The number of hydrogen-bond donors (Lipinski definition) is 2. The van der Waals surface area contributed by atoms with Crippen LogP contribution in [0.25, 0.3) is 0 Å². The molecule has 4 nitrogen and oxygen atoms in total. The lowest BCUT2D eigenvalue weighted by Crippen LogP contribution is -2.24. The van der Waals surface area contributed by atoms with Crippen LogP contribution in [0.4, 0.5) is 5.69 Å². The second-order valence-electron chi connectivity index (χ2n) is 4.21. The molecule has 2 amide bonds. The van der Waals surface area contributed by atoms with Gasteiger partial charge in [-0.05, 0) is 31.0 Å². The van der Waals surface area contributed by atoms with Crippen LogP contribution in [-0.4, -0.2) is 18.4 Å². The van der Waals surface area contributed by atoms with Gasteiger partial charge in [0.05, 0.1) is 6.42 Å². The van der Waals surface area contributed by atoms with Crippen molar-refractivity contribution in [3.8, 4) is 0 Å². The van der Waals surface area contributed by atoms with Crippen LogP contribution in [-0.2, 0) is 11.2 Å². The van der Waals surface area contributed by atoms with Gasteiger partial charge in [0.2, 0.25) is 5.91 Å². The first-order chi connectivity index (χ1) is 8.70. The Bertz CT molecular complexity index is 507. The number of carbonyl (C=O) groups excluding carboxylic acids is 2. The van der Waals surface area contributed by atoms with Crippen molar-refractivity contribution in [2.75, 3.05) is 11.9 Å². The Morgan fingerprint density at radius 2 is 2.33 bits per heavy atom. The van der Waals surface area contributed by atoms with Crippen molar-refractivity contribution in [3.05, 3.63) is 41.5 Å². The lowest BCUT2D eigenvalue weighted by Gasteiger charge is -2.05.